The van der Waals surface area contributed by atoms with Gasteiger partial charge < -0.3 is 19.6 Å². The monoisotopic (exact) mass is 241 g/mol. The standard InChI is InChI=1S/C11H15NO5/c1-6-4-7(2)17-9(6)10(13)12-5-8(16-3)11(14)15/h4,8H,5H2,1-3H3,(H,12,13)(H,14,15). The summed E-state index contributed by atoms with van der Waals surface area (Å²) in [6.07, 6.45) is -1.06. The molecule has 0 aromatic carbocycles. The van der Waals surface area contributed by atoms with Crippen LogP contribution in [0.2, 0.25) is 0 Å². The lowest BCUT2D eigenvalue weighted by Crippen LogP contribution is -2.37. The zero-order valence-electron chi connectivity index (χ0n) is 9.94. The number of ether oxygens (including phenoxy) is 1. The van der Waals surface area contributed by atoms with E-state index in [0.717, 1.165) is 0 Å². The maximum absolute atomic E-state index is 11.7. The molecule has 0 fully saturated rings. The second-order valence-electron chi connectivity index (χ2n) is 3.64. The number of amides is 1. The lowest BCUT2D eigenvalue weighted by Gasteiger charge is -2.10. The van der Waals surface area contributed by atoms with Crippen molar-refractivity contribution in [1.29, 1.82) is 0 Å². The van der Waals surface area contributed by atoms with Crippen molar-refractivity contribution in [2.24, 2.45) is 0 Å². The number of carbonyl (C=O) groups excluding carboxylic acids is 1. The van der Waals surface area contributed by atoms with Crippen molar-refractivity contribution in [3.05, 3.63) is 23.2 Å². The molecular formula is C11H15NO5. The van der Waals surface area contributed by atoms with E-state index in [1.807, 2.05) is 0 Å². The van der Waals surface area contributed by atoms with Crippen molar-refractivity contribution in [3.8, 4) is 0 Å². The molecule has 0 saturated heterocycles. The van der Waals surface area contributed by atoms with Gasteiger partial charge in [-0.25, -0.2) is 4.79 Å². The summed E-state index contributed by atoms with van der Waals surface area (Å²) in [6, 6.07) is 1.74. The predicted octanol–water partition coefficient (Wildman–Crippen LogP) is 0.726. The molecule has 6 heteroatoms. The lowest BCUT2D eigenvalue weighted by atomic mass is 10.2. The average molecular weight is 241 g/mol. The number of hydrogen-bond donors (Lipinski definition) is 2. The number of aryl methyl sites for hydroxylation is 2. The van der Waals surface area contributed by atoms with Crippen LogP contribution in [0, 0.1) is 13.8 Å². The summed E-state index contributed by atoms with van der Waals surface area (Å²) in [4.78, 5) is 22.3. The largest absolute Gasteiger partial charge is 0.479 e. The molecule has 0 spiro atoms. The van der Waals surface area contributed by atoms with Crippen molar-refractivity contribution >= 4 is 11.9 Å². The summed E-state index contributed by atoms with van der Waals surface area (Å²) in [5.74, 6) is -0.740. The van der Waals surface area contributed by atoms with E-state index in [0.29, 0.717) is 11.3 Å². The minimum absolute atomic E-state index is 0.107. The van der Waals surface area contributed by atoms with E-state index < -0.39 is 18.0 Å². The van der Waals surface area contributed by atoms with Gasteiger partial charge in [0.15, 0.2) is 11.9 Å². The van der Waals surface area contributed by atoms with Crippen LogP contribution in [0.15, 0.2) is 10.5 Å². The van der Waals surface area contributed by atoms with Crippen LogP contribution < -0.4 is 5.32 Å². The average Bonchev–Trinajstić information content (AvgIpc) is 2.58. The van der Waals surface area contributed by atoms with Crippen LogP contribution in [0.1, 0.15) is 21.9 Å². The first-order chi connectivity index (χ1) is 7.95. The maximum Gasteiger partial charge on any atom is 0.334 e. The molecule has 1 rings (SSSR count). The summed E-state index contributed by atoms with van der Waals surface area (Å²) in [5, 5.41) is 11.2. The van der Waals surface area contributed by atoms with Gasteiger partial charge in [0.1, 0.15) is 5.76 Å². The molecule has 0 aliphatic carbocycles. The molecule has 1 aromatic rings. The smallest absolute Gasteiger partial charge is 0.334 e. The highest BCUT2D eigenvalue weighted by atomic mass is 16.5. The van der Waals surface area contributed by atoms with Gasteiger partial charge in [-0.15, -0.1) is 0 Å². The molecule has 1 atom stereocenters. The third kappa shape index (κ3) is 3.32. The SMILES string of the molecule is COC(CNC(=O)c1oc(C)cc1C)C(=O)O. The number of hydrogen-bond acceptors (Lipinski definition) is 4. The van der Waals surface area contributed by atoms with E-state index in [4.69, 9.17) is 9.52 Å². The Hall–Kier alpha value is -1.82. The molecule has 0 bridgehead atoms. The third-order valence-electron chi connectivity index (χ3n) is 2.26. The highest BCUT2D eigenvalue weighted by Gasteiger charge is 2.20. The Kier molecular flexibility index (Phi) is 4.28. The first-order valence-corrected chi connectivity index (χ1v) is 5.06. The minimum Gasteiger partial charge on any atom is -0.479 e. The Morgan fingerprint density at radius 1 is 1.53 bits per heavy atom. The first-order valence-electron chi connectivity index (χ1n) is 5.06. The van der Waals surface area contributed by atoms with Crippen LogP contribution in [0.3, 0.4) is 0 Å². The van der Waals surface area contributed by atoms with E-state index in [-0.39, 0.29) is 12.3 Å². The van der Waals surface area contributed by atoms with Crippen LogP contribution >= 0.6 is 0 Å². The third-order valence-corrected chi connectivity index (χ3v) is 2.26. The van der Waals surface area contributed by atoms with Crippen LogP contribution in [0.5, 0.6) is 0 Å². The Bertz CT molecular complexity index is 423. The number of rotatable bonds is 5. The quantitative estimate of drug-likeness (QED) is 0.793. The van der Waals surface area contributed by atoms with Crippen molar-refractivity contribution in [2.45, 2.75) is 20.0 Å². The molecule has 1 aromatic heterocycles. The molecule has 0 aliphatic heterocycles. The Balaban J connectivity index is 2.61. The second-order valence-corrected chi connectivity index (χ2v) is 3.64. The van der Waals surface area contributed by atoms with Gasteiger partial charge in [0, 0.05) is 12.7 Å². The molecule has 6 nitrogen and oxygen atoms in total. The van der Waals surface area contributed by atoms with Crippen molar-refractivity contribution in [3.63, 3.8) is 0 Å². The van der Waals surface area contributed by atoms with Gasteiger partial charge in [-0.3, -0.25) is 4.79 Å². The molecule has 1 amide bonds. The van der Waals surface area contributed by atoms with Gasteiger partial charge >= 0.3 is 5.97 Å². The lowest BCUT2D eigenvalue weighted by molar-refractivity contribution is -0.148. The summed E-state index contributed by atoms with van der Waals surface area (Å²) in [5.41, 5.74) is 0.712. The summed E-state index contributed by atoms with van der Waals surface area (Å²) >= 11 is 0. The topological polar surface area (TPSA) is 88.8 Å². The van der Waals surface area contributed by atoms with E-state index in [1.54, 1.807) is 19.9 Å². The van der Waals surface area contributed by atoms with Crippen molar-refractivity contribution < 1.29 is 23.8 Å². The van der Waals surface area contributed by atoms with Gasteiger partial charge in [-0.05, 0) is 19.9 Å². The number of aliphatic carboxylic acids is 1. The van der Waals surface area contributed by atoms with Crippen LogP contribution in [-0.4, -0.2) is 36.7 Å². The normalized spacial score (nSPS) is 12.2. The van der Waals surface area contributed by atoms with E-state index in [1.165, 1.54) is 7.11 Å². The number of furan rings is 1. The minimum atomic E-state index is -1.12. The van der Waals surface area contributed by atoms with Crippen molar-refractivity contribution in [2.75, 3.05) is 13.7 Å². The maximum atomic E-state index is 11.7. The molecular weight excluding hydrogens is 226 g/mol. The van der Waals surface area contributed by atoms with Gasteiger partial charge in [0.2, 0.25) is 0 Å². The fraction of sp³-hybridized carbons (Fsp3) is 0.455. The first kappa shape index (κ1) is 13.2. The molecule has 0 aliphatic rings. The highest BCUT2D eigenvalue weighted by Crippen LogP contribution is 2.13. The fourth-order valence-corrected chi connectivity index (χ4v) is 1.40. The molecule has 17 heavy (non-hydrogen) atoms. The summed E-state index contributed by atoms with van der Waals surface area (Å²) < 4.78 is 9.89. The number of carbonyl (C=O) groups is 2. The summed E-state index contributed by atoms with van der Waals surface area (Å²) in [7, 11) is 1.27. The molecule has 2 N–H and O–H groups in total. The number of carboxylic acid groups (broad SMARTS) is 1. The van der Waals surface area contributed by atoms with Gasteiger partial charge in [0.05, 0.1) is 6.54 Å². The van der Waals surface area contributed by atoms with Crippen LogP contribution in [0.4, 0.5) is 0 Å². The van der Waals surface area contributed by atoms with E-state index in [9.17, 15) is 9.59 Å². The molecule has 0 saturated carbocycles. The Labute approximate surface area is 98.6 Å². The van der Waals surface area contributed by atoms with Gasteiger partial charge in [-0.2, -0.15) is 0 Å². The summed E-state index contributed by atoms with van der Waals surface area (Å²) in [6.45, 7) is 3.37. The van der Waals surface area contributed by atoms with Crippen LogP contribution in [-0.2, 0) is 9.53 Å². The molecule has 1 heterocycles. The zero-order valence-corrected chi connectivity index (χ0v) is 9.94. The zero-order chi connectivity index (χ0) is 13.0. The second kappa shape index (κ2) is 5.49. The van der Waals surface area contributed by atoms with Gasteiger partial charge in [-0.1, -0.05) is 0 Å². The van der Waals surface area contributed by atoms with Crippen LogP contribution in [0.25, 0.3) is 0 Å². The highest BCUT2D eigenvalue weighted by molar-refractivity contribution is 5.93. The predicted molar refractivity (Wildman–Crippen MR) is 58.9 cm³/mol. The van der Waals surface area contributed by atoms with E-state index in [2.05, 4.69) is 10.1 Å². The Morgan fingerprint density at radius 3 is 2.59 bits per heavy atom. The van der Waals surface area contributed by atoms with Gasteiger partial charge in [0.25, 0.3) is 5.91 Å². The number of methoxy groups -OCH3 is 1. The van der Waals surface area contributed by atoms with E-state index >= 15 is 0 Å². The van der Waals surface area contributed by atoms with Crippen molar-refractivity contribution in [1.82, 2.24) is 5.32 Å². The number of carboxylic acids is 1. The molecule has 0 radical (unpaired) electrons. The molecule has 1 unspecified atom stereocenters. The molecule has 94 valence electrons. The fourth-order valence-electron chi connectivity index (χ4n) is 1.40. The Morgan fingerprint density at radius 2 is 2.18 bits per heavy atom. The number of nitrogens with one attached hydrogen (secondary N) is 1.